The van der Waals surface area contributed by atoms with E-state index >= 15 is 0 Å². The standard InChI is InChI=1S/C24H30N2O2/c1-23(2,3)13-21(27)25(4)15-22(28)26-14-20-12-24(20,16-26)19-10-9-17-7-5-6-8-18(17)11-19/h5-11,20H,12-16H2,1-4H3/t20-,24+/m1/s1. The zero-order valence-electron chi connectivity index (χ0n) is 17.4. The van der Waals surface area contributed by atoms with Crippen LogP contribution >= 0.6 is 0 Å². The third-order valence-corrected chi connectivity index (χ3v) is 6.30. The van der Waals surface area contributed by atoms with Crippen molar-refractivity contribution in [1.82, 2.24) is 9.80 Å². The van der Waals surface area contributed by atoms with E-state index in [1.807, 2.05) is 25.7 Å². The second kappa shape index (κ2) is 6.61. The van der Waals surface area contributed by atoms with Crippen molar-refractivity contribution < 1.29 is 9.59 Å². The summed E-state index contributed by atoms with van der Waals surface area (Å²) in [5, 5.41) is 2.52. The van der Waals surface area contributed by atoms with Crippen molar-refractivity contribution in [3.05, 3.63) is 48.0 Å². The zero-order valence-corrected chi connectivity index (χ0v) is 17.4. The number of hydrogen-bond donors (Lipinski definition) is 0. The number of piperidine rings is 1. The maximum atomic E-state index is 12.8. The van der Waals surface area contributed by atoms with Gasteiger partial charge in [0.1, 0.15) is 0 Å². The molecule has 0 bridgehead atoms. The number of nitrogens with zero attached hydrogens (tertiary/aromatic N) is 2. The summed E-state index contributed by atoms with van der Waals surface area (Å²) in [4.78, 5) is 28.7. The molecule has 4 nitrogen and oxygen atoms in total. The van der Waals surface area contributed by atoms with Gasteiger partial charge in [-0.3, -0.25) is 9.59 Å². The molecule has 0 unspecified atom stereocenters. The molecule has 1 aliphatic heterocycles. The van der Waals surface area contributed by atoms with Crippen molar-refractivity contribution in [1.29, 1.82) is 0 Å². The van der Waals surface area contributed by atoms with Crippen molar-refractivity contribution in [2.45, 2.75) is 39.0 Å². The summed E-state index contributed by atoms with van der Waals surface area (Å²) in [7, 11) is 1.74. The lowest BCUT2D eigenvalue weighted by Crippen LogP contribution is -2.42. The highest BCUT2D eigenvalue weighted by Crippen LogP contribution is 2.59. The van der Waals surface area contributed by atoms with E-state index in [0.29, 0.717) is 12.3 Å². The Kier molecular flexibility index (Phi) is 4.48. The van der Waals surface area contributed by atoms with Crippen LogP contribution in [0.2, 0.25) is 0 Å². The number of amides is 2. The molecule has 28 heavy (non-hydrogen) atoms. The number of likely N-dealkylation sites (N-methyl/N-ethyl adjacent to an activating group) is 1. The zero-order chi connectivity index (χ0) is 20.1. The Labute approximate surface area is 167 Å². The Bertz CT molecular complexity index is 930. The third-order valence-electron chi connectivity index (χ3n) is 6.30. The summed E-state index contributed by atoms with van der Waals surface area (Å²) in [6, 6.07) is 15.1. The second-order valence-corrected chi connectivity index (χ2v) is 9.88. The Morgan fingerprint density at radius 1 is 1.14 bits per heavy atom. The van der Waals surface area contributed by atoms with Gasteiger partial charge < -0.3 is 9.80 Å². The summed E-state index contributed by atoms with van der Waals surface area (Å²) in [6.07, 6.45) is 1.62. The molecule has 1 aliphatic carbocycles. The number of carbonyl (C=O) groups is 2. The molecule has 0 radical (unpaired) electrons. The molecule has 0 N–H and O–H groups in total. The number of likely N-dealkylation sites (tertiary alicyclic amines) is 1. The fourth-order valence-electron chi connectivity index (χ4n) is 4.60. The fourth-order valence-corrected chi connectivity index (χ4v) is 4.60. The maximum absolute atomic E-state index is 12.8. The summed E-state index contributed by atoms with van der Waals surface area (Å²) < 4.78 is 0. The molecule has 2 atom stereocenters. The predicted molar refractivity (Wildman–Crippen MR) is 112 cm³/mol. The summed E-state index contributed by atoms with van der Waals surface area (Å²) in [5.41, 5.74) is 1.40. The molecular formula is C24H30N2O2. The highest BCUT2D eigenvalue weighted by molar-refractivity contribution is 5.86. The lowest BCUT2D eigenvalue weighted by molar-refractivity contribution is -0.140. The molecule has 2 aliphatic rings. The first-order valence-corrected chi connectivity index (χ1v) is 10.2. The first-order chi connectivity index (χ1) is 13.2. The van der Waals surface area contributed by atoms with Gasteiger partial charge in [-0.05, 0) is 34.1 Å². The third kappa shape index (κ3) is 3.52. The van der Waals surface area contributed by atoms with Crippen LogP contribution in [0.15, 0.2) is 42.5 Å². The number of fused-ring (bicyclic) bond motifs is 2. The summed E-state index contributed by atoms with van der Waals surface area (Å²) in [5.74, 6) is 0.653. The minimum Gasteiger partial charge on any atom is -0.340 e. The van der Waals surface area contributed by atoms with E-state index in [-0.39, 0.29) is 29.2 Å². The van der Waals surface area contributed by atoms with E-state index in [4.69, 9.17) is 0 Å². The van der Waals surface area contributed by atoms with Crippen LogP contribution in [0.25, 0.3) is 10.8 Å². The molecule has 1 saturated heterocycles. The highest BCUT2D eigenvalue weighted by Gasteiger charge is 2.61. The lowest BCUT2D eigenvalue weighted by atomic mass is 9.92. The van der Waals surface area contributed by atoms with Crippen molar-refractivity contribution >= 4 is 22.6 Å². The van der Waals surface area contributed by atoms with Gasteiger partial charge in [-0.25, -0.2) is 0 Å². The molecule has 4 rings (SSSR count). The minimum atomic E-state index is -0.0657. The average molecular weight is 379 g/mol. The SMILES string of the molecule is CN(CC(=O)N1C[C@H]2C[C@@]2(c2ccc3ccccc3c2)C1)C(=O)CC(C)(C)C. The van der Waals surface area contributed by atoms with E-state index in [1.54, 1.807) is 11.9 Å². The van der Waals surface area contributed by atoms with Gasteiger partial charge in [-0.15, -0.1) is 0 Å². The van der Waals surface area contributed by atoms with Gasteiger partial charge in [0.15, 0.2) is 0 Å². The molecule has 1 heterocycles. The van der Waals surface area contributed by atoms with Gasteiger partial charge in [0.05, 0.1) is 6.54 Å². The molecule has 2 aromatic rings. The monoisotopic (exact) mass is 378 g/mol. The summed E-state index contributed by atoms with van der Waals surface area (Å²) >= 11 is 0. The van der Waals surface area contributed by atoms with Crippen molar-refractivity contribution in [3.8, 4) is 0 Å². The number of hydrogen-bond acceptors (Lipinski definition) is 2. The summed E-state index contributed by atoms with van der Waals surface area (Å²) in [6.45, 7) is 7.89. The highest BCUT2D eigenvalue weighted by atomic mass is 16.2. The van der Waals surface area contributed by atoms with Crippen LogP contribution in [0.4, 0.5) is 0 Å². The molecule has 148 valence electrons. The van der Waals surface area contributed by atoms with Crippen LogP contribution in [0, 0.1) is 11.3 Å². The minimum absolute atomic E-state index is 0.0365. The quantitative estimate of drug-likeness (QED) is 0.811. The molecule has 4 heteroatoms. The Morgan fingerprint density at radius 2 is 1.86 bits per heavy atom. The van der Waals surface area contributed by atoms with Gasteiger partial charge in [0.2, 0.25) is 11.8 Å². The van der Waals surface area contributed by atoms with E-state index in [9.17, 15) is 9.59 Å². The maximum Gasteiger partial charge on any atom is 0.242 e. The normalized spacial score (nSPS) is 23.6. The molecule has 2 aromatic carbocycles. The van der Waals surface area contributed by atoms with Gasteiger partial charge >= 0.3 is 0 Å². The first-order valence-electron chi connectivity index (χ1n) is 10.2. The topological polar surface area (TPSA) is 40.6 Å². The van der Waals surface area contributed by atoms with Gasteiger partial charge in [-0.2, -0.15) is 0 Å². The van der Waals surface area contributed by atoms with Gasteiger partial charge in [0, 0.05) is 32.0 Å². The Morgan fingerprint density at radius 3 is 2.57 bits per heavy atom. The van der Waals surface area contributed by atoms with Crippen molar-refractivity contribution in [2.75, 3.05) is 26.7 Å². The van der Waals surface area contributed by atoms with Gasteiger partial charge in [-0.1, -0.05) is 63.2 Å². The smallest absolute Gasteiger partial charge is 0.242 e. The van der Waals surface area contributed by atoms with Crippen LogP contribution in [-0.2, 0) is 15.0 Å². The van der Waals surface area contributed by atoms with E-state index in [1.165, 1.54) is 16.3 Å². The molecule has 0 spiro atoms. The average Bonchev–Trinajstić information content (AvgIpc) is 3.21. The van der Waals surface area contributed by atoms with Crippen LogP contribution in [0.1, 0.15) is 39.2 Å². The largest absolute Gasteiger partial charge is 0.340 e. The Hall–Kier alpha value is -2.36. The molecule has 1 saturated carbocycles. The lowest BCUT2D eigenvalue weighted by Gasteiger charge is -2.26. The number of benzene rings is 2. The first kappa shape index (κ1) is 19.0. The molecular weight excluding hydrogens is 348 g/mol. The number of carbonyl (C=O) groups excluding carboxylic acids is 2. The molecule has 0 aromatic heterocycles. The van der Waals surface area contributed by atoms with Gasteiger partial charge in [0.25, 0.3) is 0 Å². The Balaban J connectivity index is 1.42. The van der Waals surface area contributed by atoms with E-state index in [0.717, 1.165) is 19.5 Å². The van der Waals surface area contributed by atoms with E-state index in [2.05, 4.69) is 42.5 Å². The number of rotatable bonds is 4. The van der Waals surface area contributed by atoms with Crippen molar-refractivity contribution in [3.63, 3.8) is 0 Å². The second-order valence-electron chi connectivity index (χ2n) is 9.88. The molecule has 2 fully saturated rings. The molecule has 2 amide bonds. The van der Waals surface area contributed by atoms with Crippen LogP contribution < -0.4 is 0 Å². The fraction of sp³-hybridized carbons (Fsp3) is 0.500. The van der Waals surface area contributed by atoms with Crippen molar-refractivity contribution in [2.24, 2.45) is 11.3 Å². The van der Waals surface area contributed by atoms with Crippen LogP contribution in [-0.4, -0.2) is 48.3 Å². The van der Waals surface area contributed by atoms with E-state index < -0.39 is 0 Å². The predicted octanol–water partition coefficient (Wildman–Crippen LogP) is 3.83. The van der Waals surface area contributed by atoms with Crippen LogP contribution in [0.3, 0.4) is 0 Å². The van der Waals surface area contributed by atoms with Crippen LogP contribution in [0.5, 0.6) is 0 Å².